The molecule has 0 aliphatic rings. The molecule has 0 spiro atoms. The van der Waals surface area contributed by atoms with Crippen LogP contribution in [-0.4, -0.2) is 26.1 Å². The van der Waals surface area contributed by atoms with E-state index in [0.29, 0.717) is 17.3 Å². The van der Waals surface area contributed by atoms with Crippen LogP contribution in [0.5, 0.6) is 5.75 Å². The number of hydrogen-bond donors (Lipinski definition) is 1. The first-order chi connectivity index (χ1) is 11.7. The van der Waals surface area contributed by atoms with Gasteiger partial charge < -0.3 is 10.1 Å². The Morgan fingerprint density at radius 1 is 1.17 bits per heavy atom. The van der Waals surface area contributed by atoms with Gasteiger partial charge in [-0.05, 0) is 35.5 Å². The fraction of sp³-hybridized carbons (Fsp3) is 0.125. The van der Waals surface area contributed by atoms with Crippen LogP contribution in [0.3, 0.4) is 0 Å². The first kappa shape index (κ1) is 15.6. The van der Waals surface area contributed by atoms with E-state index in [9.17, 15) is 9.18 Å². The number of rotatable bonds is 6. The number of halogens is 1. The lowest BCUT2D eigenvalue weighted by molar-refractivity contribution is -0.117. The number of carbonyl (C=O) groups excluding carboxylic acids is 1. The highest BCUT2D eigenvalue weighted by atomic mass is 19.1. The lowest BCUT2D eigenvalue weighted by Gasteiger charge is -2.04. The van der Waals surface area contributed by atoms with Crippen LogP contribution < -0.4 is 10.1 Å². The minimum Gasteiger partial charge on any atom is -0.485 e. The van der Waals surface area contributed by atoms with Gasteiger partial charge in [-0.1, -0.05) is 24.3 Å². The molecule has 7 nitrogen and oxygen atoms in total. The van der Waals surface area contributed by atoms with Crippen molar-refractivity contribution in [3.05, 3.63) is 66.2 Å². The minimum atomic E-state index is -0.424. The predicted octanol–water partition coefficient (Wildman–Crippen LogP) is 2.03. The van der Waals surface area contributed by atoms with Crippen LogP contribution in [-0.2, 0) is 17.9 Å². The topological polar surface area (TPSA) is 81.9 Å². The van der Waals surface area contributed by atoms with Gasteiger partial charge in [0.25, 0.3) is 0 Å². The molecule has 0 fully saturated rings. The molecule has 0 bridgehead atoms. The SMILES string of the molecule is O=C(Cn1nnc(COc2ccccc2)n1)Nc1cccc(F)c1. The molecule has 0 atom stereocenters. The summed E-state index contributed by atoms with van der Waals surface area (Å²) in [5.74, 6) is 0.246. The lowest BCUT2D eigenvalue weighted by atomic mass is 10.3. The zero-order chi connectivity index (χ0) is 16.8. The van der Waals surface area contributed by atoms with E-state index >= 15 is 0 Å². The number of nitrogens with zero attached hydrogens (tertiary/aromatic N) is 4. The largest absolute Gasteiger partial charge is 0.485 e. The van der Waals surface area contributed by atoms with Gasteiger partial charge in [-0.15, -0.1) is 10.2 Å². The summed E-state index contributed by atoms with van der Waals surface area (Å²) < 4.78 is 18.6. The normalized spacial score (nSPS) is 10.4. The maximum Gasteiger partial charge on any atom is 0.248 e. The number of aromatic nitrogens is 4. The Bertz CT molecular complexity index is 822. The van der Waals surface area contributed by atoms with Gasteiger partial charge in [0, 0.05) is 5.69 Å². The molecule has 1 N–H and O–H groups in total. The molecular formula is C16H14FN5O2. The summed E-state index contributed by atoms with van der Waals surface area (Å²) in [6.45, 7) is 0.0182. The number of nitrogens with one attached hydrogen (secondary N) is 1. The number of amides is 1. The van der Waals surface area contributed by atoms with Crippen molar-refractivity contribution in [2.45, 2.75) is 13.2 Å². The molecule has 0 unspecified atom stereocenters. The summed E-state index contributed by atoms with van der Waals surface area (Å²) in [7, 11) is 0. The Kier molecular flexibility index (Phi) is 4.76. The monoisotopic (exact) mass is 327 g/mol. The second-order valence-electron chi connectivity index (χ2n) is 4.90. The van der Waals surface area contributed by atoms with E-state index in [0.717, 1.165) is 4.80 Å². The molecule has 1 heterocycles. The smallest absolute Gasteiger partial charge is 0.248 e. The molecule has 0 aliphatic carbocycles. The van der Waals surface area contributed by atoms with Crippen molar-refractivity contribution in [3.8, 4) is 5.75 Å². The van der Waals surface area contributed by atoms with Gasteiger partial charge in [0.15, 0.2) is 6.61 Å². The van der Waals surface area contributed by atoms with Crippen molar-refractivity contribution in [1.29, 1.82) is 0 Å². The number of ether oxygens (including phenoxy) is 1. The van der Waals surface area contributed by atoms with E-state index in [4.69, 9.17) is 4.74 Å². The first-order valence-electron chi connectivity index (χ1n) is 7.19. The van der Waals surface area contributed by atoms with Gasteiger partial charge >= 0.3 is 0 Å². The van der Waals surface area contributed by atoms with Gasteiger partial charge in [-0.2, -0.15) is 4.80 Å². The van der Waals surface area contributed by atoms with Crippen LogP contribution in [0, 0.1) is 5.82 Å². The second-order valence-corrected chi connectivity index (χ2v) is 4.90. The van der Waals surface area contributed by atoms with Crippen molar-refractivity contribution < 1.29 is 13.9 Å². The van der Waals surface area contributed by atoms with Crippen LogP contribution in [0.15, 0.2) is 54.6 Å². The van der Waals surface area contributed by atoms with Gasteiger partial charge in [0.2, 0.25) is 11.7 Å². The average molecular weight is 327 g/mol. The van der Waals surface area contributed by atoms with Crippen LogP contribution in [0.1, 0.15) is 5.82 Å². The Labute approximate surface area is 137 Å². The summed E-state index contributed by atoms with van der Waals surface area (Å²) >= 11 is 0. The van der Waals surface area contributed by atoms with E-state index in [2.05, 4.69) is 20.7 Å². The molecule has 1 amide bonds. The van der Waals surface area contributed by atoms with E-state index in [1.54, 1.807) is 6.07 Å². The Morgan fingerprint density at radius 2 is 2.00 bits per heavy atom. The molecule has 24 heavy (non-hydrogen) atoms. The molecular weight excluding hydrogens is 313 g/mol. The Balaban J connectivity index is 1.53. The maximum atomic E-state index is 13.1. The van der Waals surface area contributed by atoms with Gasteiger partial charge in [-0.3, -0.25) is 4.79 Å². The molecule has 3 aromatic rings. The van der Waals surface area contributed by atoms with Crippen LogP contribution in [0.4, 0.5) is 10.1 Å². The number of carbonyl (C=O) groups is 1. The number of tetrazole rings is 1. The number of hydrogen-bond acceptors (Lipinski definition) is 5. The van der Waals surface area contributed by atoms with E-state index in [1.807, 2.05) is 30.3 Å². The molecule has 0 radical (unpaired) electrons. The Hall–Kier alpha value is -3.29. The van der Waals surface area contributed by atoms with Gasteiger partial charge in [-0.25, -0.2) is 4.39 Å². The summed E-state index contributed by atoms with van der Waals surface area (Å²) in [6.07, 6.45) is 0. The van der Waals surface area contributed by atoms with E-state index < -0.39 is 5.82 Å². The number of para-hydroxylation sites is 1. The maximum absolute atomic E-state index is 13.1. The lowest BCUT2D eigenvalue weighted by Crippen LogP contribution is -2.20. The standard InChI is InChI=1S/C16H14FN5O2/c17-12-5-4-6-13(9-12)18-16(23)10-22-20-15(19-21-22)11-24-14-7-2-1-3-8-14/h1-9H,10-11H2,(H,18,23). The van der Waals surface area contributed by atoms with Crippen molar-refractivity contribution in [1.82, 2.24) is 20.2 Å². The Morgan fingerprint density at radius 3 is 2.79 bits per heavy atom. The summed E-state index contributed by atoms with van der Waals surface area (Å²) in [5, 5.41) is 14.2. The second kappa shape index (κ2) is 7.32. The van der Waals surface area contributed by atoms with Crippen molar-refractivity contribution in [2.24, 2.45) is 0 Å². The zero-order valence-corrected chi connectivity index (χ0v) is 12.6. The number of anilines is 1. The van der Waals surface area contributed by atoms with Crippen molar-refractivity contribution >= 4 is 11.6 Å². The highest BCUT2D eigenvalue weighted by molar-refractivity contribution is 5.90. The molecule has 0 saturated heterocycles. The third kappa shape index (κ3) is 4.35. The van der Waals surface area contributed by atoms with Crippen molar-refractivity contribution in [3.63, 3.8) is 0 Å². The minimum absolute atomic E-state index is 0.130. The van der Waals surface area contributed by atoms with Crippen LogP contribution >= 0.6 is 0 Å². The average Bonchev–Trinajstić information content (AvgIpc) is 3.01. The summed E-state index contributed by atoms with van der Waals surface area (Å²) in [6, 6.07) is 14.9. The van der Waals surface area contributed by atoms with Crippen molar-refractivity contribution in [2.75, 3.05) is 5.32 Å². The number of benzene rings is 2. The van der Waals surface area contributed by atoms with Gasteiger partial charge in [0.1, 0.15) is 18.1 Å². The molecule has 2 aromatic carbocycles. The van der Waals surface area contributed by atoms with Crippen LogP contribution in [0.25, 0.3) is 0 Å². The summed E-state index contributed by atoms with van der Waals surface area (Å²) in [4.78, 5) is 13.0. The third-order valence-corrected chi connectivity index (χ3v) is 3.00. The fourth-order valence-corrected chi connectivity index (χ4v) is 1.96. The van der Waals surface area contributed by atoms with Gasteiger partial charge in [0.05, 0.1) is 0 Å². The zero-order valence-electron chi connectivity index (χ0n) is 12.6. The molecule has 0 saturated carbocycles. The quantitative estimate of drug-likeness (QED) is 0.749. The third-order valence-electron chi connectivity index (χ3n) is 3.00. The van der Waals surface area contributed by atoms with E-state index in [-0.39, 0.29) is 19.1 Å². The molecule has 0 aliphatic heterocycles. The summed E-state index contributed by atoms with van der Waals surface area (Å²) in [5.41, 5.74) is 0.368. The molecule has 3 rings (SSSR count). The molecule has 8 heteroatoms. The van der Waals surface area contributed by atoms with Crippen LogP contribution in [0.2, 0.25) is 0 Å². The highest BCUT2D eigenvalue weighted by Crippen LogP contribution is 2.10. The van der Waals surface area contributed by atoms with E-state index in [1.165, 1.54) is 18.2 Å². The molecule has 1 aromatic heterocycles. The molecule has 122 valence electrons. The fourth-order valence-electron chi connectivity index (χ4n) is 1.96. The highest BCUT2D eigenvalue weighted by Gasteiger charge is 2.09. The first-order valence-corrected chi connectivity index (χ1v) is 7.19. The predicted molar refractivity (Wildman–Crippen MR) is 83.6 cm³/mol.